The predicted octanol–water partition coefficient (Wildman–Crippen LogP) is 2.34. The Morgan fingerprint density at radius 2 is 1.91 bits per heavy atom. The first kappa shape index (κ1) is 31.8. The molecule has 1 fully saturated rings. The minimum Gasteiger partial charge on any atom is -0.383 e. The number of hydrogen-bond donors (Lipinski definition) is 2. The zero-order valence-electron chi connectivity index (χ0n) is 24.5. The van der Waals surface area contributed by atoms with E-state index in [2.05, 4.69) is 22.2 Å². The number of ether oxygens (including phenoxy) is 2. The number of nitrogens with zero attached hydrogens (tertiary/aromatic N) is 4. The second-order valence-electron chi connectivity index (χ2n) is 10.8. The number of benzene rings is 1. The number of H-pyrrole nitrogens is 1. The predicted molar refractivity (Wildman–Crippen MR) is 164 cm³/mol. The number of amides is 2. The van der Waals surface area contributed by atoms with Crippen LogP contribution in [0.1, 0.15) is 33.7 Å². The van der Waals surface area contributed by atoms with Gasteiger partial charge in [-0.2, -0.15) is 4.31 Å². The largest absolute Gasteiger partial charge is 0.383 e. The monoisotopic (exact) mass is 652 g/mol. The van der Waals surface area contributed by atoms with Gasteiger partial charge in [-0.1, -0.05) is 11.6 Å². The number of nitrogens with one attached hydrogen (secondary N) is 2. The summed E-state index contributed by atoms with van der Waals surface area (Å²) in [5, 5.41) is 4.96. The lowest BCUT2D eigenvalue weighted by atomic mass is 10.1. The first-order valence-electron chi connectivity index (χ1n) is 14.2. The highest BCUT2D eigenvalue weighted by atomic mass is 35.5. The summed E-state index contributed by atoms with van der Waals surface area (Å²) in [6.45, 7) is 4.27. The van der Waals surface area contributed by atoms with Crippen molar-refractivity contribution < 1.29 is 27.5 Å². The summed E-state index contributed by atoms with van der Waals surface area (Å²) >= 11 is 7.47. The van der Waals surface area contributed by atoms with Gasteiger partial charge in [0.2, 0.25) is 5.91 Å². The topological polar surface area (TPSA) is 137 Å². The molecule has 0 aliphatic carbocycles. The number of sulfonamides is 1. The Bertz CT molecular complexity index is 1570. The summed E-state index contributed by atoms with van der Waals surface area (Å²) in [5.74, 6) is -0.504. The molecule has 2 N–H and O–H groups in total. The van der Waals surface area contributed by atoms with Crippen molar-refractivity contribution in [3.8, 4) is 0 Å². The molecule has 4 heterocycles. The summed E-state index contributed by atoms with van der Waals surface area (Å²) in [7, 11) is -0.844. The van der Waals surface area contributed by atoms with Gasteiger partial charge in [0.25, 0.3) is 15.9 Å². The highest BCUT2D eigenvalue weighted by Gasteiger charge is 2.40. The Morgan fingerprint density at radius 1 is 1.16 bits per heavy atom. The van der Waals surface area contributed by atoms with E-state index in [0.717, 1.165) is 17.0 Å². The van der Waals surface area contributed by atoms with E-state index in [-0.39, 0.29) is 48.9 Å². The van der Waals surface area contributed by atoms with E-state index < -0.39 is 16.1 Å². The molecule has 5 rings (SSSR count). The molecule has 0 saturated carbocycles. The lowest BCUT2D eigenvalue weighted by Crippen LogP contribution is -2.57. The number of fused-ring (bicyclic) bond motifs is 2. The van der Waals surface area contributed by atoms with Crippen molar-refractivity contribution in [2.45, 2.75) is 43.4 Å². The number of halogens is 1. The summed E-state index contributed by atoms with van der Waals surface area (Å²) in [5.41, 5.74) is 1.56. The van der Waals surface area contributed by atoms with Crippen molar-refractivity contribution in [2.75, 3.05) is 60.2 Å². The Labute approximate surface area is 260 Å². The van der Waals surface area contributed by atoms with E-state index in [1.54, 1.807) is 48.3 Å². The van der Waals surface area contributed by atoms with E-state index in [0.29, 0.717) is 53.8 Å². The van der Waals surface area contributed by atoms with Crippen molar-refractivity contribution in [1.29, 1.82) is 0 Å². The molecule has 2 amide bonds. The number of methoxy groups -OCH3 is 2. The van der Waals surface area contributed by atoms with Gasteiger partial charge in [0, 0.05) is 93.2 Å². The molecule has 15 heteroatoms. The van der Waals surface area contributed by atoms with Crippen molar-refractivity contribution in [3.63, 3.8) is 0 Å². The van der Waals surface area contributed by atoms with Crippen LogP contribution in [0.2, 0.25) is 5.02 Å². The highest BCUT2D eigenvalue weighted by molar-refractivity contribution is 7.89. The third kappa shape index (κ3) is 7.06. The second kappa shape index (κ2) is 13.6. The molecule has 1 saturated heterocycles. The molecular weight excluding hydrogens is 616 g/mol. The van der Waals surface area contributed by atoms with Crippen LogP contribution in [-0.2, 0) is 37.3 Å². The molecule has 2 aliphatic heterocycles. The molecule has 0 radical (unpaired) electrons. The maximum atomic E-state index is 13.9. The molecule has 2 atom stereocenters. The van der Waals surface area contributed by atoms with E-state index >= 15 is 0 Å². The lowest BCUT2D eigenvalue weighted by Gasteiger charge is -2.40. The van der Waals surface area contributed by atoms with E-state index in [4.69, 9.17) is 21.1 Å². The Balaban J connectivity index is 1.41. The molecule has 2 aromatic heterocycles. The molecule has 0 spiro atoms. The van der Waals surface area contributed by atoms with Gasteiger partial charge < -0.3 is 29.6 Å². The van der Waals surface area contributed by atoms with Gasteiger partial charge in [-0.15, -0.1) is 11.3 Å². The van der Waals surface area contributed by atoms with Gasteiger partial charge in [0.1, 0.15) is 5.03 Å². The SMILES string of the molecule is COCCN(CCOC)C(=O)CC1CN(S(=O)(=O)c2cc3cc(Cl)ccc3[nH]2)CCN1C(=O)c1nc2c(s1)CNC(C)C2. The third-order valence-corrected chi connectivity index (χ3v) is 11.0. The van der Waals surface area contributed by atoms with Crippen LogP contribution in [0.25, 0.3) is 10.9 Å². The molecule has 3 aromatic rings. The van der Waals surface area contributed by atoms with Crippen molar-refractivity contribution in [3.05, 3.63) is 44.9 Å². The maximum absolute atomic E-state index is 13.9. The second-order valence-corrected chi connectivity index (χ2v) is 14.3. The highest BCUT2D eigenvalue weighted by Crippen LogP contribution is 2.29. The Morgan fingerprint density at radius 3 is 2.63 bits per heavy atom. The number of aromatic amines is 1. The number of carbonyl (C=O) groups is 2. The molecule has 2 unspecified atom stereocenters. The number of rotatable bonds is 11. The van der Waals surface area contributed by atoms with Crippen LogP contribution in [0.5, 0.6) is 0 Å². The smallest absolute Gasteiger partial charge is 0.283 e. The van der Waals surface area contributed by atoms with Crippen LogP contribution in [0.4, 0.5) is 0 Å². The number of carbonyl (C=O) groups excluding carboxylic acids is 2. The lowest BCUT2D eigenvalue weighted by molar-refractivity contribution is -0.134. The van der Waals surface area contributed by atoms with Crippen molar-refractivity contribution in [1.82, 2.24) is 29.4 Å². The summed E-state index contributed by atoms with van der Waals surface area (Å²) < 4.78 is 39.3. The average molecular weight is 653 g/mol. The third-order valence-electron chi connectivity index (χ3n) is 7.85. The van der Waals surface area contributed by atoms with Crippen LogP contribution in [-0.4, -0.2) is 117 Å². The molecule has 2 aliphatic rings. The number of thiazole rings is 1. The van der Waals surface area contributed by atoms with Crippen LogP contribution < -0.4 is 5.32 Å². The van der Waals surface area contributed by atoms with Gasteiger partial charge in [-0.25, -0.2) is 13.4 Å². The number of hydrogen-bond acceptors (Lipinski definition) is 9. The van der Waals surface area contributed by atoms with Gasteiger partial charge in [-0.3, -0.25) is 9.59 Å². The fourth-order valence-electron chi connectivity index (χ4n) is 5.46. The summed E-state index contributed by atoms with van der Waals surface area (Å²) in [6, 6.07) is 6.24. The molecule has 12 nitrogen and oxygen atoms in total. The molecule has 234 valence electrons. The van der Waals surface area contributed by atoms with E-state index in [9.17, 15) is 18.0 Å². The standard InChI is InChI=1S/C28H37ClN6O6S2/c1-18-12-23-24(16-30-18)42-27(32-23)28(37)35-7-6-34(17-21(35)15-26(36)33(8-10-40-2)9-11-41-3)43(38,39)25-14-19-13-20(29)4-5-22(19)31-25/h4-5,13-14,18,21,30-31H,6-12,15-17H2,1-3H3. The van der Waals surface area contributed by atoms with Crippen molar-refractivity contribution in [2.24, 2.45) is 0 Å². The van der Waals surface area contributed by atoms with Crippen molar-refractivity contribution >= 4 is 55.7 Å². The number of piperazine rings is 1. The molecular formula is C28H37ClN6O6S2. The number of aromatic nitrogens is 2. The summed E-state index contributed by atoms with van der Waals surface area (Å²) in [6.07, 6.45) is 0.675. The Kier molecular flexibility index (Phi) is 10.1. The first-order valence-corrected chi connectivity index (χ1v) is 16.8. The molecule has 0 bridgehead atoms. The van der Waals surface area contributed by atoms with E-state index in [1.165, 1.54) is 15.6 Å². The zero-order chi connectivity index (χ0) is 30.7. The minimum atomic E-state index is -3.97. The normalized spacial score (nSPS) is 19.5. The molecule has 43 heavy (non-hydrogen) atoms. The summed E-state index contributed by atoms with van der Waals surface area (Å²) in [4.78, 5) is 39.4. The van der Waals surface area contributed by atoms with Gasteiger partial charge in [0.15, 0.2) is 5.01 Å². The van der Waals surface area contributed by atoms with Gasteiger partial charge in [-0.05, 0) is 31.2 Å². The zero-order valence-corrected chi connectivity index (χ0v) is 26.9. The minimum absolute atomic E-state index is 0.0330. The average Bonchev–Trinajstić information content (AvgIpc) is 3.61. The van der Waals surface area contributed by atoms with Crippen LogP contribution in [0.15, 0.2) is 29.3 Å². The quantitative estimate of drug-likeness (QED) is 0.322. The van der Waals surface area contributed by atoms with Crippen LogP contribution >= 0.6 is 22.9 Å². The van der Waals surface area contributed by atoms with Gasteiger partial charge in [0.05, 0.1) is 24.9 Å². The fourth-order valence-corrected chi connectivity index (χ4v) is 8.12. The van der Waals surface area contributed by atoms with Crippen LogP contribution in [0.3, 0.4) is 0 Å². The Hall–Kier alpha value is -2.59. The van der Waals surface area contributed by atoms with Gasteiger partial charge >= 0.3 is 0 Å². The molecule has 1 aromatic carbocycles. The maximum Gasteiger partial charge on any atom is 0.283 e. The fraction of sp³-hybridized carbons (Fsp3) is 0.536. The first-order chi connectivity index (χ1) is 20.6. The van der Waals surface area contributed by atoms with Crippen LogP contribution in [0, 0.1) is 0 Å². The van der Waals surface area contributed by atoms with E-state index in [1.807, 2.05) is 0 Å².